The van der Waals surface area contributed by atoms with E-state index in [1.807, 2.05) is 6.92 Å². The minimum Gasteiger partial charge on any atom is -0.310 e. The first kappa shape index (κ1) is 16.1. The molecule has 2 fully saturated rings. The van der Waals surface area contributed by atoms with Crippen LogP contribution in [0, 0.1) is 34.0 Å². The molecule has 0 spiro atoms. The first-order valence-electron chi connectivity index (χ1n) is 8.54. The molecule has 0 aromatic heterocycles. The van der Waals surface area contributed by atoms with Crippen LogP contribution < -0.4 is 0 Å². The lowest BCUT2D eigenvalue weighted by atomic mass is 9.48. The van der Waals surface area contributed by atoms with Gasteiger partial charge in [0.2, 0.25) is 0 Å². The summed E-state index contributed by atoms with van der Waals surface area (Å²) in [6.07, 6.45) is 7.47. The normalized spacial score (nSPS) is 41.5. The number of nitrogens with one attached hydrogen (secondary N) is 1. The van der Waals surface area contributed by atoms with Crippen LogP contribution in [0.2, 0.25) is 5.82 Å². The van der Waals surface area contributed by atoms with Crippen LogP contribution in [0.5, 0.6) is 0 Å². The van der Waals surface area contributed by atoms with Crippen LogP contribution in [0.3, 0.4) is 0 Å². The van der Waals surface area contributed by atoms with Crippen molar-refractivity contribution in [3.05, 3.63) is 0 Å². The molecular weight excluding hydrogens is 241 g/mol. The third-order valence-corrected chi connectivity index (χ3v) is 6.75. The molecule has 0 amide bonds. The van der Waals surface area contributed by atoms with Gasteiger partial charge in [-0.05, 0) is 61.7 Å². The molecule has 0 aliphatic heterocycles. The molecule has 5 unspecified atom stereocenters. The van der Waals surface area contributed by atoms with Crippen molar-refractivity contribution in [3.63, 3.8) is 0 Å². The fourth-order valence-electron chi connectivity index (χ4n) is 5.65. The maximum atomic E-state index is 8.10. The largest absolute Gasteiger partial charge is 0.310 e. The SMILES string of the molecule is [B]C1C(C(C)(C)CCC)CCC2(C)C(C(C)=N)CCC12. The Labute approximate surface area is 127 Å². The molecule has 1 nitrogen and oxygen atoms in total. The molecular formula is C18H32BN. The third kappa shape index (κ3) is 2.48. The molecule has 20 heavy (non-hydrogen) atoms. The maximum absolute atomic E-state index is 8.10. The molecule has 2 saturated carbocycles. The van der Waals surface area contributed by atoms with Crippen LogP contribution in [0.25, 0.3) is 0 Å². The Balaban J connectivity index is 2.20. The van der Waals surface area contributed by atoms with Gasteiger partial charge in [-0.1, -0.05) is 39.9 Å². The minimum absolute atomic E-state index is 0.296. The van der Waals surface area contributed by atoms with Crippen molar-refractivity contribution in [2.75, 3.05) is 0 Å². The lowest BCUT2D eigenvalue weighted by molar-refractivity contribution is 0.0351. The Hall–Kier alpha value is -0.265. The summed E-state index contributed by atoms with van der Waals surface area (Å²) in [4.78, 5) is 0. The molecule has 0 bridgehead atoms. The summed E-state index contributed by atoms with van der Waals surface area (Å²) < 4.78 is 0. The van der Waals surface area contributed by atoms with E-state index in [1.54, 1.807) is 0 Å². The lowest BCUT2D eigenvalue weighted by Gasteiger charge is -2.52. The second-order valence-electron chi connectivity index (χ2n) is 8.39. The predicted octanol–water partition coefficient (Wildman–Crippen LogP) is 5.25. The van der Waals surface area contributed by atoms with Gasteiger partial charge >= 0.3 is 0 Å². The standard InChI is InChI=1S/C18H32BN/c1-6-10-17(3,4)14-9-11-18(5)13(12(2)20)7-8-15(18)16(14)19/h13-16,20H,6-11H2,1-5H3. The summed E-state index contributed by atoms with van der Waals surface area (Å²) in [5, 5.41) is 8.10. The van der Waals surface area contributed by atoms with Gasteiger partial charge in [0.15, 0.2) is 0 Å². The molecule has 2 rings (SSSR count). The molecule has 0 heterocycles. The van der Waals surface area contributed by atoms with E-state index in [2.05, 4.69) is 27.7 Å². The van der Waals surface area contributed by atoms with Gasteiger partial charge in [-0.25, -0.2) is 0 Å². The average molecular weight is 273 g/mol. The highest BCUT2D eigenvalue weighted by atomic mass is 14.6. The van der Waals surface area contributed by atoms with Crippen LogP contribution in [0.4, 0.5) is 0 Å². The van der Waals surface area contributed by atoms with E-state index in [-0.39, 0.29) is 0 Å². The summed E-state index contributed by atoms with van der Waals surface area (Å²) in [5.41, 5.74) is 1.55. The van der Waals surface area contributed by atoms with Crippen molar-refractivity contribution in [1.29, 1.82) is 5.41 Å². The van der Waals surface area contributed by atoms with Crippen LogP contribution >= 0.6 is 0 Å². The number of fused-ring (bicyclic) bond motifs is 1. The maximum Gasteiger partial charge on any atom is 0.0707 e. The van der Waals surface area contributed by atoms with Crippen LogP contribution in [0.15, 0.2) is 0 Å². The molecule has 2 aliphatic carbocycles. The van der Waals surface area contributed by atoms with Crippen LogP contribution in [0.1, 0.15) is 73.1 Å². The van der Waals surface area contributed by atoms with E-state index in [0.29, 0.717) is 34.4 Å². The van der Waals surface area contributed by atoms with Crippen molar-refractivity contribution in [3.8, 4) is 0 Å². The number of hydrogen-bond acceptors (Lipinski definition) is 1. The Morgan fingerprint density at radius 2 is 1.95 bits per heavy atom. The zero-order chi connectivity index (χ0) is 15.1. The van der Waals surface area contributed by atoms with Crippen molar-refractivity contribution in [2.24, 2.45) is 28.6 Å². The number of hydrogen-bond donors (Lipinski definition) is 1. The van der Waals surface area contributed by atoms with Gasteiger partial charge in [0.25, 0.3) is 0 Å². The highest BCUT2D eigenvalue weighted by molar-refractivity contribution is 6.12. The van der Waals surface area contributed by atoms with Crippen LogP contribution in [-0.2, 0) is 0 Å². The average Bonchev–Trinajstić information content (AvgIpc) is 2.67. The second kappa shape index (κ2) is 5.50. The highest BCUT2D eigenvalue weighted by Crippen LogP contribution is 2.63. The Kier molecular flexibility index (Phi) is 4.43. The Morgan fingerprint density at radius 1 is 1.30 bits per heavy atom. The van der Waals surface area contributed by atoms with Gasteiger partial charge in [-0.2, -0.15) is 0 Å². The van der Waals surface area contributed by atoms with Gasteiger partial charge in [-0.3, -0.25) is 0 Å². The summed E-state index contributed by atoms with van der Waals surface area (Å²) in [5.74, 6) is 2.10. The van der Waals surface area contributed by atoms with Gasteiger partial charge in [0.05, 0.1) is 7.85 Å². The molecule has 2 radical (unpaired) electrons. The van der Waals surface area contributed by atoms with Crippen LogP contribution in [-0.4, -0.2) is 13.6 Å². The van der Waals surface area contributed by atoms with Crippen molar-refractivity contribution >= 4 is 13.6 Å². The summed E-state index contributed by atoms with van der Waals surface area (Å²) in [6, 6.07) is 0. The van der Waals surface area contributed by atoms with Crippen molar-refractivity contribution < 1.29 is 0 Å². The predicted molar refractivity (Wildman–Crippen MR) is 88.6 cm³/mol. The highest BCUT2D eigenvalue weighted by Gasteiger charge is 2.54. The topological polar surface area (TPSA) is 23.9 Å². The van der Waals surface area contributed by atoms with E-state index in [4.69, 9.17) is 13.3 Å². The van der Waals surface area contributed by atoms with Gasteiger partial charge in [0, 0.05) is 11.6 Å². The molecule has 0 saturated heterocycles. The fourth-order valence-corrected chi connectivity index (χ4v) is 5.65. The first-order valence-corrected chi connectivity index (χ1v) is 8.54. The summed E-state index contributed by atoms with van der Waals surface area (Å²) >= 11 is 0. The Bertz CT molecular complexity index is 376. The van der Waals surface area contributed by atoms with E-state index in [0.717, 1.165) is 5.71 Å². The third-order valence-electron chi connectivity index (χ3n) is 6.75. The molecule has 0 aromatic rings. The minimum atomic E-state index is 0.296. The summed E-state index contributed by atoms with van der Waals surface area (Å²) in [7, 11) is 6.76. The molecule has 2 heteroatoms. The van der Waals surface area contributed by atoms with E-state index >= 15 is 0 Å². The Morgan fingerprint density at radius 3 is 2.50 bits per heavy atom. The first-order chi connectivity index (χ1) is 9.24. The van der Waals surface area contributed by atoms with E-state index < -0.39 is 0 Å². The monoisotopic (exact) mass is 273 g/mol. The van der Waals surface area contributed by atoms with Crippen molar-refractivity contribution in [2.45, 2.75) is 79.0 Å². The van der Waals surface area contributed by atoms with E-state index in [9.17, 15) is 0 Å². The summed E-state index contributed by atoms with van der Waals surface area (Å²) in [6.45, 7) is 11.5. The van der Waals surface area contributed by atoms with Crippen molar-refractivity contribution in [1.82, 2.24) is 0 Å². The van der Waals surface area contributed by atoms with Gasteiger partial charge in [-0.15, -0.1) is 0 Å². The molecule has 0 aromatic carbocycles. The fraction of sp³-hybridized carbons (Fsp3) is 0.944. The number of rotatable bonds is 4. The smallest absolute Gasteiger partial charge is 0.0707 e. The van der Waals surface area contributed by atoms with Gasteiger partial charge in [0.1, 0.15) is 0 Å². The lowest BCUT2D eigenvalue weighted by Crippen LogP contribution is -2.44. The second-order valence-corrected chi connectivity index (χ2v) is 8.39. The zero-order valence-corrected chi connectivity index (χ0v) is 14.1. The molecule has 112 valence electrons. The van der Waals surface area contributed by atoms with E-state index in [1.165, 1.54) is 38.5 Å². The molecule has 5 atom stereocenters. The molecule has 2 aliphatic rings. The quantitative estimate of drug-likeness (QED) is 0.534. The van der Waals surface area contributed by atoms with Gasteiger partial charge < -0.3 is 5.41 Å². The zero-order valence-electron chi connectivity index (χ0n) is 14.1. The molecule has 1 N–H and O–H groups in total.